The van der Waals surface area contributed by atoms with Gasteiger partial charge in [-0.2, -0.15) is 0 Å². The molecule has 8 heteroatoms. The molecule has 0 aromatic heterocycles. The molecule has 2 heterocycles. The standard InChI is InChI=1S/C23H31N3O5/c1-4-30-21(27)17-12-9-13-26(14-17)15-18-19(22(28)31-5-2)20(24-23(29)25(18)3)16-10-7-6-8-11-16/h6-8,10-11,17,20H,4-5,9,12-15H2,1-3H3,(H,24,29)/t17-,20+/m0/s1. The van der Waals surface area contributed by atoms with E-state index in [0.29, 0.717) is 31.0 Å². The number of nitrogens with one attached hydrogen (secondary N) is 1. The summed E-state index contributed by atoms with van der Waals surface area (Å²) in [5.41, 5.74) is 1.83. The van der Waals surface area contributed by atoms with Crippen molar-refractivity contribution >= 4 is 18.0 Å². The smallest absolute Gasteiger partial charge is 0.338 e. The molecule has 1 N–H and O–H groups in total. The zero-order valence-corrected chi connectivity index (χ0v) is 18.4. The molecule has 2 aliphatic rings. The number of urea groups is 1. The molecule has 1 saturated heterocycles. The Kier molecular flexibility index (Phi) is 7.68. The quantitative estimate of drug-likeness (QED) is 0.670. The summed E-state index contributed by atoms with van der Waals surface area (Å²) in [4.78, 5) is 41.6. The minimum atomic E-state index is -0.593. The molecule has 0 aliphatic carbocycles. The third-order valence-electron chi connectivity index (χ3n) is 5.70. The maximum absolute atomic E-state index is 13.0. The molecular formula is C23H31N3O5. The molecule has 2 aliphatic heterocycles. The lowest BCUT2D eigenvalue weighted by Gasteiger charge is -2.38. The number of benzene rings is 1. The molecule has 0 unspecified atom stereocenters. The summed E-state index contributed by atoms with van der Waals surface area (Å²) in [6.07, 6.45) is 1.63. The number of nitrogens with zero attached hydrogens (tertiary/aromatic N) is 2. The summed E-state index contributed by atoms with van der Waals surface area (Å²) >= 11 is 0. The molecule has 8 nitrogen and oxygen atoms in total. The van der Waals surface area contributed by atoms with Crippen LogP contribution in [-0.4, -0.2) is 67.7 Å². The van der Waals surface area contributed by atoms with Crippen LogP contribution < -0.4 is 5.32 Å². The van der Waals surface area contributed by atoms with Gasteiger partial charge in [0.15, 0.2) is 0 Å². The highest BCUT2D eigenvalue weighted by molar-refractivity contribution is 5.95. The lowest BCUT2D eigenvalue weighted by atomic mass is 9.93. The Balaban J connectivity index is 1.94. The summed E-state index contributed by atoms with van der Waals surface area (Å²) in [7, 11) is 1.65. The summed E-state index contributed by atoms with van der Waals surface area (Å²) in [5.74, 6) is -0.839. The minimum Gasteiger partial charge on any atom is -0.466 e. The predicted octanol–water partition coefficient (Wildman–Crippen LogP) is 2.48. The molecule has 31 heavy (non-hydrogen) atoms. The first-order valence-corrected chi connectivity index (χ1v) is 10.8. The number of likely N-dealkylation sites (N-methyl/N-ethyl adjacent to an activating group) is 1. The number of carbonyl (C=O) groups excluding carboxylic acids is 3. The van der Waals surface area contributed by atoms with E-state index >= 15 is 0 Å². The Labute approximate surface area is 183 Å². The van der Waals surface area contributed by atoms with Crippen LogP contribution in [0.25, 0.3) is 0 Å². The van der Waals surface area contributed by atoms with Crippen LogP contribution in [-0.2, 0) is 19.1 Å². The second-order valence-electron chi connectivity index (χ2n) is 7.76. The first-order chi connectivity index (χ1) is 15.0. The van der Waals surface area contributed by atoms with Gasteiger partial charge in [-0.3, -0.25) is 14.6 Å². The fourth-order valence-corrected chi connectivity index (χ4v) is 4.16. The summed E-state index contributed by atoms with van der Waals surface area (Å²) in [6, 6.07) is 8.52. The van der Waals surface area contributed by atoms with Crippen molar-refractivity contribution in [1.29, 1.82) is 0 Å². The van der Waals surface area contributed by atoms with Gasteiger partial charge in [-0.1, -0.05) is 30.3 Å². The number of piperidine rings is 1. The van der Waals surface area contributed by atoms with E-state index in [2.05, 4.69) is 10.2 Å². The molecule has 2 atom stereocenters. The van der Waals surface area contributed by atoms with Gasteiger partial charge >= 0.3 is 18.0 Å². The summed E-state index contributed by atoms with van der Waals surface area (Å²) in [5, 5.41) is 2.92. The van der Waals surface area contributed by atoms with Gasteiger partial charge in [-0.25, -0.2) is 9.59 Å². The van der Waals surface area contributed by atoms with Crippen molar-refractivity contribution in [3.63, 3.8) is 0 Å². The maximum atomic E-state index is 13.0. The van der Waals surface area contributed by atoms with Gasteiger partial charge in [0, 0.05) is 25.8 Å². The lowest BCUT2D eigenvalue weighted by Crippen LogP contribution is -2.50. The van der Waals surface area contributed by atoms with E-state index in [1.54, 1.807) is 20.9 Å². The van der Waals surface area contributed by atoms with Crippen molar-refractivity contribution in [3.8, 4) is 0 Å². The molecular weight excluding hydrogens is 398 g/mol. The van der Waals surface area contributed by atoms with E-state index in [1.165, 1.54) is 4.90 Å². The number of ether oxygens (including phenoxy) is 2. The lowest BCUT2D eigenvalue weighted by molar-refractivity contribution is -0.150. The summed E-state index contributed by atoms with van der Waals surface area (Å²) < 4.78 is 10.6. The van der Waals surface area contributed by atoms with E-state index in [-0.39, 0.29) is 24.5 Å². The average molecular weight is 430 g/mol. The van der Waals surface area contributed by atoms with Gasteiger partial charge in [0.1, 0.15) is 0 Å². The van der Waals surface area contributed by atoms with Crippen molar-refractivity contribution < 1.29 is 23.9 Å². The van der Waals surface area contributed by atoms with Gasteiger partial charge < -0.3 is 14.8 Å². The highest BCUT2D eigenvalue weighted by Gasteiger charge is 2.38. The van der Waals surface area contributed by atoms with E-state index < -0.39 is 12.0 Å². The molecule has 168 valence electrons. The zero-order valence-electron chi connectivity index (χ0n) is 18.4. The van der Waals surface area contributed by atoms with Crippen LogP contribution in [0.4, 0.5) is 4.79 Å². The van der Waals surface area contributed by atoms with Gasteiger partial charge in [-0.15, -0.1) is 0 Å². The Morgan fingerprint density at radius 1 is 1.13 bits per heavy atom. The average Bonchev–Trinajstić information content (AvgIpc) is 2.78. The SMILES string of the molecule is CCOC(=O)C1=C(CN2CCC[C@H](C(=O)OCC)C2)N(C)C(=O)N[C@@H]1c1ccccc1. The predicted molar refractivity (Wildman–Crippen MR) is 115 cm³/mol. The second-order valence-corrected chi connectivity index (χ2v) is 7.76. The number of rotatable bonds is 7. The number of hydrogen-bond donors (Lipinski definition) is 1. The van der Waals surface area contributed by atoms with Crippen molar-refractivity contribution in [2.45, 2.75) is 32.7 Å². The molecule has 0 radical (unpaired) electrons. The highest BCUT2D eigenvalue weighted by atomic mass is 16.5. The minimum absolute atomic E-state index is 0.191. The number of hydrogen-bond acceptors (Lipinski definition) is 6. The van der Waals surface area contributed by atoms with Crippen LogP contribution in [0.2, 0.25) is 0 Å². The van der Waals surface area contributed by atoms with Gasteiger partial charge in [0.2, 0.25) is 0 Å². The molecule has 1 fully saturated rings. The Hall–Kier alpha value is -2.87. The van der Waals surface area contributed by atoms with Crippen LogP contribution >= 0.6 is 0 Å². The normalized spacial score (nSPS) is 22.2. The number of esters is 2. The van der Waals surface area contributed by atoms with Gasteiger partial charge in [0.25, 0.3) is 0 Å². The summed E-state index contributed by atoms with van der Waals surface area (Å²) in [6.45, 7) is 5.84. The fourth-order valence-electron chi connectivity index (χ4n) is 4.16. The first kappa shape index (κ1) is 22.8. The van der Waals surface area contributed by atoms with Gasteiger partial charge in [-0.05, 0) is 38.8 Å². The Morgan fingerprint density at radius 2 is 1.84 bits per heavy atom. The molecule has 0 bridgehead atoms. The van der Waals surface area contributed by atoms with Crippen LogP contribution in [0.1, 0.15) is 38.3 Å². The number of amides is 2. The van der Waals surface area contributed by atoms with Crippen LogP contribution in [0.5, 0.6) is 0 Å². The molecule has 1 aromatic rings. The third-order valence-corrected chi connectivity index (χ3v) is 5.70. The molecule has 2 amide bonds. The second kappa shape index (κ2) is 10.4. The van der Waals surface area contributed by atoms with Crippen molar-refractivity contribution in [2.75, 3.05) is 39.9 Å². The Morgan fingerprint density at radius 3 is 2.52 bits per heavy atom. The molecule has 3 rings (SSSR count). The monoisotopic (exact) mass is 429 g/mol. The van der Waals surface area contributed by atoms with Crippen LogP contribution in [0.3, 0.4) is 0 Å². The zero-order chi connectivity index (χ0) is 22.4. The van der Waals surface area contributed by atoms with Crippen LogP contribution in [0.15, 0.2) is 41.6 Å². The van der Waals surface area contributed by atoms with E-state index in [9.17, 15) is 14.4 Å². The highest BCUT2D eigenvalue weighted by Crippen LogP contribution is 2.32. The van der Waals surface area contributed by atoms with E-state index in [1.807, 2.05) is 30.3 Å². The van der Waals surface area contributed by atoms with E-state index in [4.69, 9.17) is 9.47 Å². The first-order valence-electron chi connectivity index (χ1n) is 10.8. The number of carbonyl (C=O) groups is 3. The number of likely N-dealkylation sites (tertiary alicyclic amines) is 1. The maximum Gasteiger partial charge on any atom is 0.338 e. The molecule has 0 spiro atoms. The van der Waals surface area contributed by atoms with Crippen molar-refractivity contribution in [1.82, 2.24) is 15.1 Å². The molecule has 0 saturated carbocycles. The van der Waals surface area contributed by atoms with Crippen LogP contribution in [0, 0.1) is 5.92 Å². The third kappa shape index (κ3) is 5.25. The largest absolute Gasteiger partial charge is 0.466 e. The molecule has 1 aromatic carbocycles. The van der Waals surface area contributed by atoms with E-state index in [0.717, 1.165) is 24.9 Å². The van der Waals surface area contributed by atoms with Gasteiger partial charge in [0.05, 0.1) is 30.7 Å². The topological polar surface area (TPSA) is 88.2 Å². The van der Waals surface area contributed by atoms with Crippen molar-refractivity contribution in [2.24, 2.45) is 5.92 Å². The van der Waals surface area contributed by atoms with Crippen molar-refractivity contribution in [3.05, 3.63) is 47.2 Å². The Bertz CT molecular complexity index is 839. The fraction of sp³-hybridized carbons (Fsp3) is 0.522.